The highest BCUT2D eigenvalue weighted by Crippen LogP contribution is 2.36. The molecule has 7 heteroatoms. The van der Waals surface area contributed by atoms with Crippen molar-refractivity contribution < 1.29 is 14.3 Å². The number of hydrogen-bond donors (Lipinski definition) is 2. The van der Waals surface area contributed by atoms with Crippen LogP contribution in [0.3, 0.4) is 0 Å². The van der Waals surface area contributed by atoms with E-state index in [1.54, 1.807) is 12.0 Å². The lowest BCUT2D eigenvalue weighted by molar-refractivity contribution is 0.00893. The molecule has 1 saturated heterocycles. The molecule has 2 atom stereocenters. The largest absolute Gasteiger partial charge is 0.497 e. The van der Waals surface area contributed by atoms with Gasteiger partial charge in [-0.15, -0.1) is 0 Å². The summed E-state index contributed by atoms with van der Waals surface area (Å²) < 4.78 is 10.8. The SMILES string of the molecule is COc1ccc(Cc2nc(N)cc3c(C4CCN(C(=O)OC(C)(C)C)C(N)C4)cccc23)cc1. The molecule has 4 rings (SSSR count). The number of carbonyl (C=O) groups is 1. The van der Waals surface area contributed by atoms with Gasteiger partial charge in [0.25, 0.3) is 0 Å². The van der Waals surface area contributed by atoms with Crippen molar-refractivity contribution in [3.05, 3.63) is 65.4 Å². The lowest BCUT2D eigenvalue weighted by Gasteiger charge is -2.38. The molecule has 0 aliphatic carbocycles. The molecule has 1 aromatic heterocycles. The minimum absolute atomic E-state index is 0.216. The molecule has 34 heavy (non-hydrogen) atoms. The number of aromatic nitrogens is 1. The standard InChI is InChI=1S/C27H34N4O3/c1-27(2,3)34-26(32)31-13-12-18(15-25(31)29)20-6-5-7-21-22(20)16-24(28)30-23(21)14-17-8-10-19(33-4)11-9-17/h5-11,16,18,25H,12-15,29H2,1-4H3,(H2,28,30). The molecule has 0 saturated carbocycles. The van der Waals surface area contributed by atoms with Gasteiger partial charge in [-0.3, -0.25) is 4.90 Å². The maximum atomic E-state index is 12.6. The first-order valence-electron chi connectivity index (χ1n) is 11.7. The van der Waals surface area contributed by atoms with Crippen LogP contribution in [0.5, 0.6) is 5.75 Å². The van der Waals surface area contributed by atoms with E-state index >= 15 is 0 Å². The number of amides is 1. The van der Waals surface area contributed by atoms with Gasteiger partial charge in [-0.1, -0.05) is 30.3 Å². The second kappa shape index (κ2) is 9.50. The van der Waals surface area contributed by atoms with Crippen LogP contribution < -0.4 is 16.2 Å². The van der Waals surface area contributed by atoms with E-state index < -0.39 is 11.8 Å². The van der Waals surface area contributed by atoms with Crippen molar-refractivity contribution >= 4 is 22.7 Å². The highest BCUT2D eigenvalue weighted by molar-refractivity contribution is 5.90. The van der Waals surface area contributed by atoms with Gasteiger partial charge in [-0.2, -0.15) is 0 Å². The fraction of sp³-hybridized carbons (Fsp3) is 0.407. The summed E-state index contributed by atoms with van der Waals surface area (Å²) in [6, 6.07) is 16.3. The topological polar surface area (TPSA) is 104 Å². The maximum absolute atomic E-state index is 12.6. The molecular weight excluding hydrogens is 428 g/mol. The van der Waals surface area contributed by atoms with E-state index in [1.807, 2.05) is 51.1 Å². The number of carbonyl (C=O) groups excluding carboxylic acids is 1. The van der Waals surface area contributed by atoms with E-state index in [0.29, 0.717) is 25.2 Å². The van der Waals surface area contributed by atoms with Crippen molar-refractivity contribution in [1.29, 1.82) is 0 Å². The van der Waals surface area contributed by atoms with Gasteiger partial charge in [0.15, 0.2) is 0 Å². The average molecular weight is 463 g/mol. The Morgan fingerprint density at radius 2 is 1.88 bits per heavy atom. The van der Waals surface area contributed by atoms with E-state index in [-0.39, 0.29) is 12.0 Å². The molecule has 0 radical (unpaired) electrons. The summed E-state index contributed by atoms with van der Waals surface area (Å²) in [5, 5.41) is 2.19. The molecule has 3 aromatic rings. The third-order valence-electron chi connectivity index (χ3n) is 6.25. The van der Waals surface area contributed by atoms with Gasteiger partial charge in [0, 0.05) is 18.4 Å². The molecule has 2 aromatic carbocycles. The third-order valence-corrected chi connectivity index (χ3v) is 6.25. The monoisotopic (exact) mass is 462 g/mol. The van der Waals surface area contributed by atoms with Crippen LogP contribution in [-0.2, 0) is 11.2 Å². The van der Waals surface area contributed by atoms with Crippen molar-refractivity contribution in [3.63, 3.8) is 0 Å². The van der Waals surface area contributed by atoms with Crippen LogP contribution in [0.1, 0.15) is 56.4 Å². The lowest BCUT2D eigenvalue weighted by Crippen LogP contribution is -2.51. The Kier molecular flexibility index (Phi) is 6.66. The molecule has 7 nitrogen and oxygen atoms in total. The summed E-state index contributed by atoms with van der Waals surface area (Å²) in [4.78, 5) is 18.9. The van der Waals surface area contributed by atoms with Crippen LogP contribution in [0.25, 0.3) is 10.8 Å². The number of hydrogen-bond acceptors (Lipinski definition) is 6. The highest BCUT2D eigenvalue weighted by atomic mass is 16.6. The number of nitrogen functional groups attached to an aromatic ring is 1. The summed E-state index contributed by atoms with van der Waals surface area (Å²) in [5.41, 5.74) is 15.4. The Morgan fingerprint density at radius 3 is 2.53 bits per heavy atom. The molecule has 4 N–H and O–H groups in total. The van der Waals surface area contributed by atoms with Gasteiger partial charge in [0.05, 0.1) is 19.0 Å². The van der Waals surface area contributed by atoms with Gasteiger partial charge >= 0.3 is 6.09 Å². The molecule has 1 aliphatic rings. The first-order valence-corrected chi connectivity index (χ1v) is 11.7. The Hall–Kier alpha value is -3.32. The molecular formula is C27H34N4O3. The number of pyridine rings is 1. The molecule has 0 bridgehead atoms. The second-order valence-corrected chi connectivity index (χ2v) is 9.92. The number of nitrogens with zero attached hydrogens (tertiary/aromatic N) is 2. The fourth-order valence-electron chi connectivity index (χ4n) is 4.65. The van der Waals surface area contributed by atoms with Crippen LogP contribution >= 0.6 is 0 Å². The van der Waals surface area contributed by atoms with Crippen molar-refractivity contribution in [2.75, 3.05) is 19.4 Å². The normalized spacial score (nSPS) is 18.7. The van der Waals surface area contributed by atoms with Crippen molar-refractivity contribution in [3.8, 4) is 5.75 Å². The van der Waals surface area contributed by atoms with E-state index in [4.69, 9.17) is 20.9 Å². The number of benzene rings is 2. The average Bonchev–Trinajstić information content (AvgIpc) is 2.78. The number of nitrogens with two attached hydrogens (primary N) is 2. The lowest BCUT2D eigenvalue weighted by atomic mass is 9.85. The van der Waals surface area contributed by atoms with Gasteiger partial charge in [0.1, 0.15) is 17.2 Å². The zero-order valence-electron chi connectivity index (χ0n) is 20.4. The van der Waals surface area contributed by atoms with Crippen LogP contribution in [0.15, 0.2) is 48.5 Å². The summed E-state index contributed by atoms with van der Waals surface area (Å²) in [7, 11) is 1.66. The van der Waals surface area contributed by atoms with Crippen molar-refractivity contribution in [2.45, 2.75) is 57.7 Å². The first kappa shape index (κ1) is 23.8. The quantitative estimate of drug-likeness (QED) is 0.576. The maximum Gasteiger partial charge on any atom is 0.411 e. The third kappa shape index (κ3) is 5.25. The number of fused-ring (bicyclic) bond motifs is 1. The minimum atomic E-state index is -0.548. The summed E-state index contributed by atoms with van der Waals surface area (Å²) in [6.45, 7) is 6.14. The molecule has 1 amide bonds. The molecule has 2 heterocycles. The zero-order valence-corrected chi connectivity index (χ0v) is 20.4. The number of methoxy groups -OCH3 is 1. The van der Waals surface area contributed by atoms with Gasteiger partial charge in [0.2, 0.25) is 0 Å². The minimum Gasteiger partial charge on any atom is -0.497 e. The fourth-order valence-corrected chi connectivity index (χ4v) is 4.65. The predicted octanol–water partition coefficient (Wildman–Crippen LogP) is 4.82. The smallest absolute Gasteiger partial charge is 0.411 e. The number of likely N-dealkylation sites (tertiary alicyclic amines) is 1. The zero-order chi connectivity index (χ0) is 24.5. The Bertz CT molecular complexity index is 1170. The number of anilines is 1. The van der Waals surface area contributed by atoms with Crippen molar-refractivity contribution in [2.24, 2.45) is 5.73 Å². The Balaban J connectivity index is 1.60. The van der Waals surface area contributed by atoms with E-state index in [9.17, 15) is 4.79 Å². The molecule has 0 spiro atoms. The van der Waals surface area contributed by atoms with Crippen LogP contribution in [0.4, 0.5) is 10.6 Å². The summed E-state index contributed by atoms with van der Waals surface area (Å²) in [5.74, 6) is 1.54. The molecule has 1 fully saturated rings. The van der Waals surface area contributed by atoms with Crippen LogP contribution in [0.2, 0.25) is 0 Å². The van der Waals surface area contributed by atoms with Gasteiger partial charge < -0.3 is 20.9 Å². The van der Waals surface area contributed by atoms with Crippen molar-refractivity contribution in [1.82, 2.24) is 9.88 Å². The van der Waals surface area contributed by atoms with Gasteiger partial charge in [-0.05, 0) is 74.2 Å². The van der Waals surface area contributed by atoms with Crippen LogP contribution in [-0.4, -0.2) is 41.4 Å². The summed E-state index contributed by atoms with van der Waals surface area (Å²) >= 11 is 0. The predicted molar refractivity (Wildman–Crippen MR) is 135 cm³/mol. The van der Waals surface area contributed by atoms with E-state index in [0.717, 1.165) is 34.2 Å². The number of rotatable bonds is 4. The molecule has 1 aliphatic heterocycles. The first-order chi connectivity index (χ1) is 16.1. The molecule has 2 unspecified atom stereocenters. The number of piperidine rings is 1. The highest BCUT2D eigenvalue weighted by Gasteiger charge is 2.33. The van der Waals surface area contributed by atoms with E-state index in [2.05, 4.69) is 23.2 Å². The van der Waals surface area contributed by atoms with E-state index in [1.165, 1.54) is 5.56 Å². The summed E-state index contributed by atoms with van der Waals surface area (Å²) in [6.07, 6.45) is 1.38. The number of ether oxygens (including phenoxy) is 2. The second-order valence-electron chi connectivity index (χ2n) is 9.92. The Labute approximate surface area is 201 Å². The molecule has 180 valence electrons. The Morgan fingerprint density at radius 1 is 1.15 bits per heavy atom. The van der Waals surface area contributed by atoms with Gasteiger partial charge in [-0.25, -0.2) is 9.78 Å². The van der Waals surface area contributed by atoms with Crippen LogP contribution in [0, 0.1) is 0 Å².